The van der Waals surface area contributed by atoms with Gasteiger partial charge in [-0.25, -0.2) is 0 Å². The van der Waals surface area contributed by atoms with Gasteiger partial charge in [0.25, 0.3) is 5.91 Å². The molecule has 3 N–H and O–H groups in total. The van der Waals surface area contributed by atoms with Gasteiger partial charge in [-0.15, -0.1) is 0 Å². The second kappa shape index (κ2) is 15.4. The zero-order chi connectivity index (χ0) is 28.2. The van der Waals surface area contributed by atoms with Gasteiger partial charge in [-0.1, -0.05) is 30.3 Å². The van der Waals surface area contributed by atoms with Crippen LogP contribution in [0.15, 0.2) is 66.6 Å². The Morgan fingerprint density at radius 1 is 1.07 bits per heavy atom. The lowest BCUT2D eigenvalue weighted by atomic mass is 9.81. The maximum absolute atomic E-state index is 13.3. The molecule has 2 aromatic carbocycles. The van der Waals surface area contributed by atoms with Crippen LogP contribution in [0.1, 0.15) is 30.4 Å². The molecule has 0 saturated heterocycles. The Kier molecular flexibility index (Phi) is 11.4. The topological polar surface area (TPSA) is 111 Å². The molecule has 3 atom stereocenters. The number of hydrogen-bond acceptors (Lipinski definition) is 7. The van der Waals surface area contributed by atoms with Crippen molar-refractivity contribution in [1.29, 1.82) is 0 Å². The lowest BCUT2D eigenvalue weighted by Crippen LogP contribution is -2.39. The van der Waals surface area contributed by atoms with Crippen molar-refractivity contribution in [2.24, 2.45) is 5.92 Å². The van der Waals surface area contributed by atoms with E-state index in [1.54, 1.807) is 7.11 Å². The minimum Gasteiger partial charge on any atom is -0.497 e. The summed E-state index contributed by atoms with van der Waals surface area (Å²) in [6.45, 7) is 4.48. The molecule has 0 saturated carbocycles. The van der Waals surface area contributed by atoms with Gasteiger partial charge in [-0.05, 0) is 55.2 Å². The molecule has 0 fully saturated rings. The van der Waals surface area contributed by atoms with Crippen LogP contribution in [0, 0.1) is 5.92 Å². The van der Waals surface area contributed by atoms with Crippen molar-refractivity contribution in [3.05, 3.63) is 77.7 Å². The number of fused-ring (bicyclic) bond motifs is 1. The minimum atomic E-state index is -0.587. The van der Waals surface area contributed by atoms with E-state index in [0.717, 1.165) is 27.8 Å². The number of aliphatic hydroxyl groups excluding tert-OH is 1. The van der Waals surface area contributed by atoms with Gasteiger partial charge in [0.1, 0.15) is 5.75 Å². The highest BCUT2D eigenvalue weighted by Gasteiger charge is 2.37. The fourth-order valence-corrected chi connectivity index (χ4v) is 4.99. The molecular weight excluding hydrogens is 512 g/mol. The van der Waals surface area contributed by atoms with Crippen LogP contribution in [-0.2, 0) is 30.2 Å². The molecule has 0 bridgehead atoms. The van der Waals surface area contributed by atoms with Crippen LogP contribution in [0.5, 0.6) is 5.75 Å². The molecule has 9 heteroatoms. The summed E-state index contributed by atoms with van der Waals surface area (Å²) < 4.78 is 28.6. The third kappa shape index (κ3) is 7.85. The summed E-state index contributed by atoms with van der Waals surface area (Å²) >= 11 is 0. The summed E-state index contributed by atoms with van der Waals surface area (Å²) in [5, 5.41) is 12.9. The number of amides is 1. The van der Waals surface area contributed by atoms with E-state index in [2.05, 4.69) is 22.4 Å². The number of nitrogens with one attached hydrogen (secondary N) is 2. The molecule has 9 nitrogen and oxygen atoms in total. The van der Waals surface area contributed by atoms with Gasteiger partial charge in [0.15, 0.2) is 5.76 Å². The number of H-pyrrole nitrogens is 1. The fraction of sp³-hybridized carbons (Fsp3) is 0.452. The predicted molar refractivity (Wildman–Crippen MR) is 152 cm³/mol. The van der Waals surface area contributed by atoms with Crippen LogP contribution in [-0.4, -0.2) is 75.6 Å². The summed E-state index contributed by atoms with van der Waals surface area (Å²) in [5.41, 5.74) is 3.21. The summed E-state index contributed by atoms with van der Waals surface area (Å²) in [7, 11) is 1.65. The van der Waals surface area contributed by atoms with Gasteiger partial charge >= 0.3 is 0 Å². The number of aliphatic hydroxyl groups is 1. The van der Waals surface area contributed by atoms with Crippen molar-refractivity contribution in [2.45, 2.75) is 32.0 Å². The summed E-state index contributed by atoms with van der Waals surface area (Å²) in [4.78, 5) is 16.5. The second-order valence-corrected chi connectivity index (χ2v) is 9.54. The van der Waals surface area contributed by atoms with Crippen molar-refractivity contribution in [1.82, 2.24) is 10.3 Å². The van der Waals surface area contributed by atoms with E-state index >= 15 is 0 Å². The van der Waals surface area contributed by atoms with Gasteiger partial charge in [0.2, 0.25) is 6.29 Å². The molecule has 0 radical (unpaired) electrons. The average Bonchev–Trinajstić information content (AvgIpc) is 3.39. The molecule has 1 aliphatic rings. The third-order valence-corrected chi connectivity index (χ3v) is 6.98. The Morgan fingerprint density at radius 2 is 1.88 bits per heavy atom. The quantitative estimate of drug-likeness (QED) is 0.231. The highest BCUT2D eigenvalue weighted by molar-refractivity contribution is 5.92. The van der Waals surface area contributed by atoms with Crippen LogP contribution in [0.4, 0.5) is 0 Å². The number of ether oxygens (including phenoxy) is 5. The maximum Gasteiger partial charge on any atom is 0.286 e. The number of carbonyl (C=O) groups is 1. The van der Waals surface area contributed by atoms with E-state index in [4.69, 9.17) is 28.8 Å². The van der Waals surface area contributed by atoms with Crippen LogP contribution in [0.3, 0.4) is 0 Å². The van der Waals surface area contributed by atoms with E-state index < -0.39 is 6.29 Å². The average molecular weight is 553 g/mol. The zero-order valence-electron chi connectivity index (χ0n) is 23.3. The van der Waals surface area contributed by atoms with Crippen molar-refractivity contribution >= 4 is 16.8 Å². The number of allylic oxidation sites excluding steroid dienone is 1. The highest BCUT2D eigenvalue weighted by Crippen LogP contribution is 2.38. The van der Waals surface area contributed by atoms with Crippen molar-refractivity contribution in [2.75, 3.05) is 53.3 Å². The SMILES string of the molecule is CCO[C@@H]1OC(C(=O)NCCc2c[nH]c3ccc(OC)cc23)=C[C@H](c2ccccc2)[C@@H]1CCOCCOCCO. The van der Waals surface area contributed by atoms with Crippen LogP contribution in [0.2, 0.25) is 0 Å². The molecule has 0 unspecified atom stereocenters. The molecule has 1 amide bonds. The molecule has 216 valence electrons. The summed E-state index contributed by atoms with van der Waals surface area (Å²) in [5.74, 6) is 0.671. The lowest BCUT2D eigenvalue weighted by Gasteiger charge is -2.37. The van der Waals surface area contributed by atoms with Crippen LogP contribution >= 0.6 is 0 Å². The van der Waals surface area contributed by atoms with Crippen molar-refractivity contribution < 1.29 is 33.6 Å². The summed E-state index contributed by atoms with van der Waals surface area (Å²) in [6.07, 6.45) is 4.63. The predicted octanol–water partition coefficient (Wildman–Crippen LogP) is 3.93. The number of carbonyl (C=O) groups excluding carboxylic acids is 1. The Hall–Kier alpha value is -3.37. The molecule has 1 aliphatic heterocycles. The Bertz CT molecular complexity index is 1230. The monoisotopic (exact) mass is 552 g/mol. The van der Waals surface area contributed by atoms with E-state index in [9.17, 15) is 4.79 Å². The number of rotatable bonds is 16. The molecule has 4 rings (SSSR count). The van der Waals surface area contributed by atoms with Gasteiger partial charge in [0, 0.05) is 48.7 Å². The normalized spacial score (nSPS) is 18.8. The molecule has 40 heavy (non-hydrogen) atoms. The second-order valence-electron chi connectivity index (χ2n) is 9.54. The molecule has 0 spiro atoms. The maximum atomic E-state index is 13.3. The van der Waals surface area contributed by atoms with E-state index in [1.165, 1.54) is 0 Å². The molecular formula is C31H40N2O7. The molecule has 1 aromatic heterocycles. The lowest BCUT2D eigenvalue weighted by molar-refractivity contribution is -0.168. The number of benzene rings is 2. The first-order valence-electron chi connectivity index (χ1n) is 13.9. The van der Waals surface area contributed by atoms with Crippen LogP contribution in [0.25, 0.3) is 10.9 Å². The van der Waals surface area contributed by atoms with Crippen molar-refractivity contribution in [3.63, 3.8) is 0 Å². The zero-order valence-corrected chi connectivity index (χ0v) is 23.3. The van der Waals surface area contributed by atoms with E-state index in [-0.39, 0.29) is 30.1 Å². The molecule has 0 aliphatic carbocycles. The Balaban J connectivity index is 1.42. The molecule has 2 heterocycles. The number of aromatic amines is 1. The number of hydrogen-bond donors (Lipinski definition) is 3. The first-order valence-corrected chi connectivity index (χ1v) is 13.9. The Morgan fingerprint density at radius 3 is 2.62 bits per heavy atom. The highest BCUT2D eigenvalue weighted by atomic mass is 16.7. The largest absolute Gasteiger partial charge is 0.497 e. The third-order valence-electron chi connectivity index (χ3n) is 6.98. The summed E-state index contributed by atoms with van der Waals surface area (Å²) in [6, 6.07) is 16.0. The smallest absolute Gasteiger partial charge is 0.286 e. The number of methoxy groups -OCH3 is 1. The van der Waals surface area contributed by atoms with Crippen LogP contribution < -0.4 is 10.1 Å². The fourth-order valence-electron chi connectivity index (χ4n) is 4.99. The van der Waals surface area contributed by atoms with Gasteiger partial charge in [-0.3, -0.25) is 4.79 Å². The Labute approximate surface area is 235 Å². The first-order chi connectivity index (χ1) is 19.6. The van der Waals surface area contributed by atoms with Gasteiger partial charge < -0.3 is 39.1 Å². The minimum absolute atomic E-state index is 0.00525. The standard InChI is InChI=1S/C31H40N2O7/c1-3-39-31-25(12-15-37-17-18-38-16-14-34)26(22-7-5-4-6-8-22)20-29(40-31)30(35)32-13-11-23-21-33-28-10-9-24(36-2)19-27(23)28/h4-10,19-21,25-26,31,33-34H,3,11-18H2,1-2H3,(H,32,35)/t25-,26+,31+/m0/s1. The molecule has 3 aromatic rings. The first kappa shape index (κ1) is 29.6. The van der Waals surface area contributed by atoms with E-state index in [0.29, 0.717) is 52.4 Å². The van der Waals surface area contributed by atoms with Gasteiger partial charge in [0.05, 0.1) is 33.5 Å². The van der Waals surface area contributed by atoms with Crippen molar-refractivity contribution in [3.8, 4) is 5.75 Å². The number of aromatic nitrogens is 1. The van der Waals surface area contributed by atoms with E-state index in [1.807, 2.05) is 55.6 Å². The van der Waals surface area contributed by atoms with Gasteiger partial charge in [-0.2, -0.15) is 0 Å².